The Morgan fingerprint density at radius 2 is 1.89 bits per heavy atom. The number of ether oxygens (including phenoxy) is 2. The summed E-state index contributed by atoms with van der Waals surface area (Å²) in [5.74, 6) is -0.274. The molecule has 1 aromatic heterocycles. The zero-order valence-corrected chi connectivity index (χ0v) is 19.9. The van der Waals surface area contributed by atoms with Gasteiger partial charge in [-0.3, -0.25) is 9.59 Å². The molecule has 2 aromatic carbocycles. The highest BCUT2D eigenvalue weighted by Crippen LogP contribution is 2.40. The monoisotopic (exact) mass is 475 g/mol. The van der Waals surface area contributed by atoms with E-state index in [9.17, 15) is 14.7 Å². The van der Waals surface area contributed by atoms with Crippen molar-refractivity contribution in [3.05, 3.63) is 84.0 Å². The van der Waals surface area contributed by atoms with E-state index in [0.29, 0.717) is 48.7 Å². The maximum Gasteiger partial charge on any atom is 0.295 e. The third-order valence-corrected chi connectivity index (χ3v) is 5.92. The number of methoxy groups -OCH3 is 1. The lowest BCUT2D eigenvalue weighted by Crippen LogP contribution is -2.31. The molecule has 0 radical (unpaired) electrons. The summed E-state index contributed by atoms with van der Waals surface area (Å²) >= 11 is 0. The smallest absolute Gasteiger partial charge is 0.295 e. The molecule has 2 heterocycles. The van der Waals surface area contributed by atoms with Crippen LogP contribution in [0.1, 0.15) is 36.9 Å². The van der Waals surface area contributed by atoms with Crippen molar-refractivity contribution >= 4 is 17.4 Å². The maximum absolute atomic E-state index is 13.2. The molecule has 4 rings (SSSR count). The summed E-state index contributed by atoms with van der Waals surface area (Å²) in [6, 6.07) is 13.3. The molecule has 182 valence electrons. The lowest BCUT2D eigenvalue weighted by Gasteiger charge is -2.25. The number of imidazole rings is 1. The summed E-state index contributed by atoms with van der Waals surface area (Å²) in [6.45, 7) is 3.59. The van der Waals surface area contributed by atoms with Crippen LogP contribution in [-0.4, -0.2) is 51.5 Å². The van der Waals surface area contributed by atoms with E-state index in [1.807, 2.05) is 23.8 Å². The van der Waals surface area contributed by atoms with Gasteiger partial charge in [-0.15, -0.1) is 0 Å². The number of rotatable bonds is 10. The van der Waals surface area contributed by atoms with Gasteiger partial charge >= 0.3 is 0 Å². The van der Waals surface area contributed by atoms with Crippen LogP contribution in [0.15, 0.2) is 72.8 Å². The van der Waals surface area contributed by atoms with Gasteiger partial charge in [-0.1, -0.05) is 19.1 Å². The second kappa shape index (κ2) is 10.9. The van der Waals surface area contributed by atoms with Crippen LogP contribution < -0.4 is 9.47 Å². The van der Waals surface area contributed by atoms with Crippen molar-refractivity contribution < 1.29 is 24.2 Å². The molecule has 1 amide bonds. The normalized spacial score (nSPS) is 17.1. The number of hydrogen-bond acceptors (Lipinski definition) is 6. The van der Waals surface area contributed by atoms with Crippen LogP contribution in [-0.2, 0) is 16.1 Å². The minimum absolute atomic E-state index is 0.0631. The van der Waals surface area contributed by atoms with Crippen LogP contribution in [0.3, 0.4) is 0 Å². The van der Waals surface area contributed by atoms with Crippen molar-refractivity contribution in [1.29, 1.82) is 0 Å². The lowest BCUT2D eigenvalue weighted by atomic mass is 9.95. The largest absolute Gasteiger partial charge is 0.507 e. The topological polar surface area (TPSA) is 93.9 Å². The van der Waals surface area contributed by atoms with E-state index in [1.54, 1.807) is 62.1 Å². The molecule has 3 aromatic rings. The number of aliphatic hydroxyl groups is 1. The Hall–Kier alpha value is -4.07. The SMILES string of the molecule is CCCOc1ccc(/C(O)=C2\C(=O)C(=O)N(CCCn3ccnc3)[C@@H]2c2cccc(OC)c2)cc1. The van der Waals surface area contributed by atoms with Crippen molar-refractivity contribution in [1.82, 2.24) is 14.5 Å². The number of ketones is 1. The van der Waals surface area contributed by atoms with E-state index in [4.69, 9.17) is 9.47 Å². The second-order valence-electron chi connectivity index (χ2n) is 8.30. The molecular weight excluding hydrogens is 446 g/mol. The molecule has 0 bridgehead atoms. The molecule has 1 saturated heterocycles. The first-order valence-electron chi connectivity index (χ1n) is 11.6. The van der Waals surface area contributed by atoms with E-state index >= 15 is 0 Å². The first kappa shape index (κ1) is 24.1. The zero-order valence-electron chi connectivity index (χ0n) is 19.9. The number of aromatic nitrogens is 2. The number of carbonyl (C=O) groups is 2. The van der Waals surface area contributed by atoms with Crippen LogP contribution >= 0.6 is 0 Å². The van der Waals surface area contributed by atoms with Gasteiger partial charge in [0.1, 0.15) is 17.3 Å². The van der Waals surface area contributed by atoms with Crippen molar-refractivity contribution in [2.75, 3.05) is 20.3 Å². The predicted octanol–water partition coefficient (Wildman–Crippen LogP) is 4.19. The molecule has 0 unspecified atom stereocenters. The number of nitrogens with zero attached hydrogens (tertiary/aromatic N) is 3. The van der Waals surface area contributed by atoms with Gasteiger partial charge in [0.05, 0.1) is 31.7 Å². The molecular formula is C27H29N3O5. The first-order valence-corrected chi connectivity index (χ1v) is 11.6. The number of amides is 1. The van der Waals surface area contributed by atoms with Gasteiger partial charge in [0.15, 0.2) is 0 Å². The average molecular weight is 476 g/mol. The fourth-order valence-corrected chi connectivity index (χ4v) is 4.20. The number of aryl methyl sites for hydroxylation is 1. The van der Waals surface area contributed by atoms with E-state index < -0.39 is 17.7 Å². The molecule has 0 saturated carbocycles. The Morgan fingerprint density at radius 3 is 2.57 bits per heavy atom. The number of Topliss-reactive ketones (excluding diaryl/α,β-unsaturated/α-hetero) is 1. The number of likely N-dealkylation sites (tertiary alicyclic amines) is 1. The summed E-state index contributed by atoms with van der Waals surface area (Å²) in [5, 5.41) is 11.2. The van der Waals surface area contributed by atoms with Gasteiger partial charge in [0.25, 0.3) is 11.7 Å². The van der Waals surface area contributed by atoms with Gasteiger partial charge in [-0.05, 0) is 54.8 Å². The predicted molar refractivity (Wildman–Crippen MR) is 131 cm³/mol. The molecule has 1 atom stereocenters. The quantitative estimate of drug-likeness (QED) is 0.268. The summed E-state index contributed by atoms with van der Waals surface area (Å²) in [6.07, 6.45) is 6.75. The Labute approximate surface area is 204 Å². The molecule has 1 N–H and O–H groups in total. The first-order chi connectivity index (χ1) is 17.0. The fourth-order valence-electron chi connectivity index (χ4n) is 4.20. The molecule has 1 aliphatic heterocycles. The van der Waals surface area contributed by atoms with Gasteiger partial charge in [0.2, 0.25) is 0 Å². The standard InChI is InChI=1S/C27H29N3O5/c1-3-16-35-21-10-8-19(9-11-21)25(31)23-24(20-6-4-7-22(17-20)34-2)30(27(33)26(23)32)14-5-13-29-15-12-28-18-29/h4,6-12,15,17-18,24,31H,3,5,13-14,16H2,1-2H3/b25-23+/t24-/m1/s1. The number of carbonyl (C=O) groups excluding carboxylic acids is 2. The third kappa shape index (κ3) is 5.21. The van der Waals surface area contributed by atoms with E-state index in [-0.39, 0.29) is 11.3 Å². The Kier molecular flexibility index (Phi) is 7.50. The maximum atomic E-state index is 13.2. The van der Waals surface area contributed by atoms with Crippen LogP contribution in [0, 0.1) is 0 Å². The highest BCUT2D eigenvalue weighted by Gasteiger charge is 2.45. The molecule has 8 heteroatoms. The lowest BCUT2D eigenvalue weighted by molar-refractivity contribution is -0.139. The van der Waals surface area contributed by atoms with Crippen molar-refractivity contribution in [2.45, 2.75) is 32.4 Å². The van der Waals surface area contributed by atoms with Crippen molar-refractivity contribution in [2.24, 2.45) is 0 Å². The number of aliphatic hydroxyl groups excluding tert-OH is 1. The van der Waals surface area contributed by atoms with Gasteiger partial charge in [0, 0.05) is 31.0 Å². The average Bonchev–Trinajstić information content (AvgIpc) is 3.49. The summed E-state index contributed by atoms with van der Waals surface area (Å²) in [5.41, 5.74) is 1.20. The van der Waals surface area contributed by atoms with Gasteiger partial charge < -0.3 is 24.0 Å². The van der Waals surface area contributed by atoms with Crippen LogP contribution in [0.2, 0.25) is 0 Å². The molecule has 1 aliphatic rings. The van der Waals surface area contributed by atoms with Crippen LogP contribution in [0.25, 0.3) is 5.76 Å². The van der Waals surface area contributed by atoms with Crippen molar-refractivity contribution in [3.8, 4) is 11.5 Å². The van der Waals surface area contributed by atoms with Gasteiger partial charge in [-0.25, -0.2) is 4.98 Å². The van der Waals surface area contributed by atoms with Crippen molar-refractivity contribution in [3.63, 3.8) is 0 Å². The van der Waals surface area contributed by atoms with E-state index in [2.05, 4.69) is 4.98 Å². The number of benzene rings is 2. The Bertz CT molecular complexity index is 1200. The minimum atomic E-state index is -0.732. The molecule has 35 heavy (non-hydrogen) atoms. The minimum Gasteiger partial charge on any atom is -0.507 e. The Morgan fingerprint density at radius 1 is 1.09 bits per heavy atom. The highest BCUT2D eigenvalue weighted by molar-refractivity contribution is 6.46. The number of hydrogen-bond donors (Lipinski definition) is 1. The summed E-state index contributed by atoms with van der Waals surface area (Å²) in [4.78, 5) is 31.9. The fraction of sp³-hybridized carbons (Fsp3) is 0.296. The van der Waals surface area contributed by atoms with E-state index in [0.717, 1.165) is 6.42 Å². The highest BCUT2D eigenvalue weighted by atomic mass is 16.5. The second-order valence-corrected chi connectivity index (χ2v) is 8.30. The summed E-state index contributed by atoms with van der Waals surface area (Å²) < 4.78 is 12.9. The molecule has 0 aliphatic carbocycles. The van der Waals surface area contributed by atoms with Crippen LogP contribution in [0.4, 0.5) is 0 Å². The molecule has 8 nitrogen and oxygen atoms in total. The third-order valence-electron chi connectivity index (χ3n) is 5.92. The molecule has 1 fully saturated rings. The van der Waals surface area contributed by atoms with Gasteiger partial charge in [-0.2, -0.15) is 0 Å². The van der Waals surface area contributed by atoms with E-state index in [1.165, 1.54) is 4.90 Å². The summed E-state index contributed by atoms with van der Waals surface area (Å²) in [7, 11) is 1.56. The molecule has 0 spiro atoms. The zero-order chi connectivity index (χ0) is 24.8. The Balaban J connectivity index is 1.70. The van der Waals surface area contributed by atoms with Crippen LogP contribution in [0.5, 0.6) is 11.5 Å².